The van der Waals surface area contributed by atoms with E-state index in [1.54, 1.807) is 11.8 Å². The number of carbonyl (C=O) groups is 2. The minimum atomic E-state index is -4.63. The lowest BCUT2D eigenvalue weighted by Gasteiger charge is -2.45. The molecule has 0 radical (unpaired) electrons. The van der Waals surface area contributed by atoms with Crippen LogP contribution in [0.5, 0.6) is 5.75 Å². The fourth-order valence-corrected chi connectivity index (χ4v) is 7.41. The predicted molar refractivity (Wildman–Crippen MR) is 179 cm³/mol. The topological polar surface area (TPSA) is 157 Å². The molecule has 2 N–H and O–H groups in total. The molecule has 51 heavy (non-hydrogen) atoms. The Labute approximate surface area is 293 Å². The van der Waals surface area contributed by atoms with Crippen molar-refractivity contribution in [2.75, 3.05) is 31.6 Å². The Balaban J connectivity index is 1.29. The second kappa shape index (κ2) is 12.9. The van der Waals surface area contributed by atoms with Crippen LogP contribution in [0.3, 0.4) is 0 Å². The molecule has 0 bridgehead atoms. The van der Waals surface area contributed by atoms with Crippen molar-refractivity contribution >= 4 is 46.2 Å². The van der Waals surface area contributed by atoms with Gasteiger partial charge in [-0.15, -0.1) is 5.10 Å². The highest BCUT2D eigenvalue weighted by molar-refractivity contribution is 6.34. The largest absolute Gasteiger partial charge is 0.504 e. The van der Waals surface area contributed by atoms with Gasteiger partial charge >= 0.3 is 6.18 Å². The van der Waals surface area contributed by atoms with Crippen molar-refractivity contribution < 1.29 is 32.6 Å². The molecule has 0 saturated carbocycles. The molecular formula is C34H32ClF3N8O5. The average Bonchev–Trinajstić information content (AvgIpc) is 3.56. The fraction of sp³-hybridized carbons (Fsp3) is 0.382. The average molecular weight is 725 g/mol. The first-order valence-electron chi connectivity index (χ1n) is 16.3. The van der Waals surface area contributed by atoms with Gasteiger partial charge in [0.15, 0.2) is 17.3 Å². The van der Waals surface area contributed by atoms with E-state index < -0.39 is 34.5 Å². The van der Waals surface area contributed by atoms with Crippen molar-refractivity contribution in [1.82, 2.24) is 34.0 Å². The smallest absolute Gasteiger partial charge is 0.416 e. The van der Waals surface area contributed by atoms with E-state index in [1.165, 1.54) is 15.4 Å². The van der Waals surface area contributed by atoms with Crippen LogP contribution in [0.1, 0.15) is 70.9 Å². The Morgan fingerprint density at radius 1 is 1.14 bits per heavy atom. The van der Waals surface area contributed by atoms with E-state index in [2.05, 4.69) is 27.0 Å². The second-order valence-corrected chi connectivity index (χ2v) is 13.2. The number of anilines is 1. The summed E-state index contributed by atoms with van der Waals surface area (Å²) in [7, 11) is 0. The third kappa shape index (κ3) is 6.05. The van der Waals surface area contributed by atoms with Crippen LogP contribution < -0.4 is 10.9 Å². The molecule has 3 aromatic heterocycles. The Kier molecular flexibility index (Phi) is 8.70. The van der Waals surface area contributed by atoms with E-state index in [9.17, 15) is 32.7 Å². The molecule has 2 aliphatic heterocycles. The lowest BCUT2D eigenvalue weighted by atomic mass is 9.66. The van der Waals surface area contributed by atoms with Crippen molar-refractivity contribution in [3.8, 4) is 5.75 Å². The molecule has 266 valence electrons. The van der Waals surface area contributed by atoms with E-state index in [1.807, 2.05) is 6.08 Å². The van der Waals surface area contributed by atoms with Gasteiger partial charge < -0.3 is 20.1 Å². The minimum Gasteiger partial charge on any atom is -0.504 e. The number of ether oxygens (including phenoxy) is 1. The molecule has 7 rings (SSSR count). The summed E-state index contributed by atoms with van der Waals surface area (Å²) in [4.78, 5) is 55.9. The number of aryl methyl sites for hydroxylation is 1. The Bertz CT molecular complexity index is 2200. The number of benzene rings is 1. The molecule has 1 fully saturated rings. The molecule has 17 heteroatoms. The predicted octanol–water partition coefficient (Wildman–Crippen LogP) is 4.79. The normalized spacial score (nSPS) is 17.3. The molecular weight excluding hydrogens is 693 g/mol. The molecule has 0 atom stereocenters. The van der Waals surface area contributed by atoms with Crippen LogP contribution >= 0.6 is 11.6 Å². The molecule has 3 aliphatic rings. The van der Waals surface area contributed by atoms with Crippen LogP contribution in [0.4, 0.5) is 18.9 Å². The van der Waals surface area contributed by atoms with Crippen molar-refractivity contribution in [1.29, 1.82) is 0 Å². The molecule has 0 unspecified atom stereocenters. The lowest BCUT2D eigenvalue weighted by Crippen LogP contribution is -2.50. The first-order chi connectivity index (χ1) is 24.3. The molecule has 4 aromatic rings. The maximum absolute atomic E-state index is 14.5. The highest BCUT2D eigenvalue weighted by Crippen LogP contribution is 2.44. The van der Waals surface area contributed by atoms with Crippen LogP contribution in [-0.4, -0.2) is 77.3 Å². The van der Waals surface area contributed by atoms with E-state index in [0.29, 0.717) is 68.8 Å². The Morgan fingerprint density at radius 3 is 2.59 bits per heavy atom. The number of aromatic hydroxyl groups is 1. The Morgan fingerprint density at radius 2 is 1.90 bits per heavy atom. The molecule has 1 aromatic carbocycles. The van der Waals surface area contributed by atoms with Crippen molar-refractivity contribution in [3.05, 3.63) is 86.6 Å². The number of alkyl halides is 3. The summed E-state index contributed by atoms with van der Waals surface area (Å²) in [6.45, 7) is 6.95. The van der Waals surface area contributed by atoms with Crippen molar-refractivity contribution in [3.63, 3.8) is 0 Å². The molecule has 2 amide bonds. The molecule has 5 heterocycles. The Hall–Kier alpha value is -5.09. The number of piperidine rings is 1. The number of hydrogen-bond donors (Lipinski definition) is 2. The summed E-state index contributed by atoms with van der Waals surface area (Å²) in [5.41, 5.74) is -0.370. The maximum atomic E-state index is 14.5. The van der Waals surface area contributed by atoms with E-state index in [4.69, 9.17) is 21.3 Å². The van der Waals surface area contributed by atoms with Crippen LogP contribution in [-0.2, 0) is 27.5 Å². The monoisotopic (exact) mass is 724 g/mol. The zero-order chi connectivity index (χ0) is 36.2. The summed E-state index contributed by atoms with van der Waals surface area (Å²) in [6.07, 6.45) is 1.40. The number of amides is 2. The minimum absolute atomic E-state index is 0.0547. The van der Waals surface area contributed by atoms with Gasteiger partial charge in [-0.1, -0.05) is 24.3 Å². The van der Waals surface area contributed by atoms with Gasteiger partial charge in [-0.2, -0.15) is 22.7 Å². The summed E-state index contributed by atoms with van der Waals surface area (Å²) < 4.78 is 47.9. The van der Waals surface area contributed by atoms with Crippen molar-refractivity contribution in [2.45, 2.75) is 57.0 Å². The number of hydrogen-bond acceptors (Lipinski definition) is 9. The van der Waals surface area contributed by atoms with Gasteiger partial charge in [0.1, 0.15) is 12.0 Å². The van der Waals surface area contributed by atoms with Gasteiger partial charge in [0.05, 0.1) is 35.2 Å². The maximum Gasteiger partial charge on any atom is 0.416 e. The SMILES string of the molecule is C=C(C(=O)Nc1ccc(C(F)(F)F)cc1Cl)n1c2c(c(=O)n3nc(C4=CCOCC4)nc13)C1(CCC2)CCN(C(=O)c2ncnc(C)c2O)CC1. The molecule has 1 saturated heterocycles. The lowest BCUT2D eigenvalue weighted by molar-refractivity contribution is -0.137. The summed E-state index contributed by atoms with van der Waals surface area (Å²) in [6, 6.07) is 2.59. The molecule has 13 nitrogen and oxygen atoms in total. The van der Waals surface area contributed by atoms with Crippen LogP contribution in [0.15, 0.2) is 42.0 Å². The summed E-state index contributed by atoms with van der Waals surface area (Å²) in [5, 5.41) is 17.3. The fourth-order valence-electron chi connectivity index (χ4n) is 7.19. The van der Waals surface area contributed by atoms with Crippen LogP contribution in [0.2, 0.25) is 5.02 Å². The summed E-state index contributed by atoms with van der Waals surface area (Å²) >= 11 is 6.15. The van der Waals surface area contributed by atoms with Crippen LogP contribution in [0, 0.1) is 6.92 Å². The van der Waals surface area contributed by atoms with Gasteiger partial charge in [-0.05, 0) is 69.2 Å². The first kappa shape index (κ1) is 34.4. The van der Waals surface area contributed by atoms with E-state index in [0.717, 1.165) is 23.8 Å². The number of carbonyl (C=O) groups excluding carboxylic acids is 2. The standard InChI is InChI=1S/C34H32ClF3N8O5/c1-18-27(47)26(40-17-39-18)31(50)44-12-10-33(11-13-44)9-3-4-24-25(33)30(49)46-32(42-28(43-46)20-7-14-51-15-8-20)45(24)19(2)29(48)41-23-6-5-21(16-22(23)35)34(36,37)38/h5-7,16-17,47H,2-4,8-15H2,1H3,(H,41,48). The third-order valence-corrected chi connectivity index (χ3v) is 10.2. The highest BCUT2D eigenvalue weighted by Gasteiger charge is 2.45. The number of halogens is 4. The number of likely N-dealkylation sites (tertiary alicyclic amines) is 1. The first-order valence-corrected chi connectivity index (χ1v) is 16.7. The number of rotatable bonds is 5. The zero-order valence-corrected chi connectivity index (χ0v) is 28.1. The highest BCUT2D eigenvalue weighted by atomic mass is 35.5. The second-order valence-electron chi connectivity index (χ2n) is 12.8. The number of aromatic nitrogens is 6. The van der Waals surface area contributed by atoms with E-state index in [-0.39, 0.29) is 52.4 Å². The van der Waals surface area contributed by atoms with Crippen molar-refractivity contribution in [2.24, 2.45) is 0 Å². The molecule has 1 aliphatic carbocycles. The van der Waals surface area contributed by atoms with Gasteiger partial charge in [-0.25, -0.2) is 9.97 Å². The van der Waals surface area contributed by atoms with Crippen LogP contribution in [0.25, 0.3) is 17.0 Å². The summed E-state index contributed by atoms with van der Waals surface area (Å²) in [5.74, 6) is -1.17. The third-order valence-electron chi connectivity index (χ3n) is 9.90. The number of nitrogens with zero attached hydrogens (tertiary/aromatic N) is 7. The molecule has 1 spiro atoms. The van der Waals surface area contributed by atoms with Gasteiger partial charge in [-0.3, -0.25) is 19.0 Å². The van der Waals surface area contributed by atoms with E-state index >= 15 is 0 Å². The number of fused-ring (bicyclic) bond motifs is 3. The number of nitrogens with one attached hydrogen (secondary N) is 1. The quantitative estimate of drug-likeness (QED) is 0.276. The zero-order valence-electron chi connectivity index (χ0n) is 27.4. The van der Waals surface area contributed by atoms with Gasteiger partial charge in [0, 0.05) is 29.8 Å². The van der Waals surface area contributed by atoms with Gasteiger partial charge in [0.2, 0.25) is 5.78 Å². The van der Waals surface area contributed by atoms with Gasteiger partial charge in [0.25, 0.3) is 17.4 Å².